The molecule has 2 N–H and O–H groups in total. The predicted molar refractivity (Wildman–Crippen MR) is 152 cm³/mol. The maximum atomic E-state index is 11.8. The first-order valence-corrected chi connectivity index (χ1v) is 15.6. The van der Waals surface area contributed by atoms with Crippen molar-refractivity contribution in [1.82, 2.24) is 19.4 Å². The summed E-state index contributed by atoms with van der Waals surface area (Å²) >= 11 is 0. The second-order valence-electron chi connectivity index (χ2n) is 11.2. The topological polar surface area (TPSA) is 103 Å². The summed E-state index contributed by atoms with van der Waals surface area (Å²) in [4.78, 5) is 11.3. The molecule has 8 nitrogen and oxygen atoms in total. The molecule has 0 spiro atoms. The number of anilines is 1. The summed E-state index contributed by atoms with van der Waals surface area (Å²) in [6, 6.07) is 17.2. The highest BCUT2D eigenvalue weighted by Gasteiger charge is 2.35. The zero-order chi connectivity index (χ0) is 26.6. The van der Waals surface area contributed by atoms with Gasteiger partial charge in [-0.15, -0.1) is 0 Å². The molecule has 3 aliphatic rings. The highest BCUT2D eigenvalue weighted by molar-refractivity contribution is 7.91. The van der Waals surface area contributed by atoms with Gasteiger partial charge in [-0.05, 0) is 54.4 Å². The summed E-state index contributed by atoms with van der Waals surface area (Å²) < 4.78 is 32.3. The summed E-state index contributed by atoms with van der Waals surface area (Å²) in [6.45, 7) is 2.25. The fourth-order valence-electron chi connectivity index (χ4n) is 6.42. The molecule has 0 radical (unpaired) electrons. The average molecular weight is 544 g/mol. The first-order valence-electron chi connectivity index (χ1n) is 13.8. The van der Waals surface area contributed by atoms with Crippen molar-refractivity contribution >= 4 is 26.7 Å². The lowest BCUT2D eigenvalue weighted by atomic mass is 9.79. The average Bonchev–Trinajstić information content (AvgIpc) is 3.31. The largest absolute Gasteiger partial charge is 0.485 e. The molecule has 1 saturated carbocycles. The van der Waals surface area contributed by atoms with Gasteiger partial charge in [0.2, 0.25) is 0 Å². The minimum Gasteiger partial charge on any atom is -0.485 e. The number of hydrogen-bond donors (Lipinski definition) is 1. The Kier molecular flexibility index (Phi) is 6.08. The molecule has 0 unspecified atom stereocenters. The van der Waals surface area contributed by atoms with Crippen molar-refractivity contribution in [3.63, 3.8) is 0 Å². The molecule has 4 heterocycles. The zero-order valence-corrected chi connectivity index (χ0v) is 22.7. The Bertz CT molecular complexity index is 1620. The number of aromatic nitrogens is 3. The quantitative estimate of drug-likeness (QED) is 0.397. The maximum absolute atomic E-state index is 11.8. The van der Waals surface area contributed by atoms with E-state index in [1.54, 1.807) is 6.33 Å². The normalized spacial score (nSPS) is 24.6. The van der Waals surface area contributed by atoms with Crippen LogP contribution >= 0.6 is 0 Å². The van der Waals surface area contributed by atoms with Gasteiger partial charge in [0.15, 0.2) is 9.84 Å². The van der Waals surface area contributed by atoms with E-state index in [1.807, 2.05) is 6.07 Å². The van der Waals surface area contributed by atoms with Gasteiger partial charge in [-0.1, -0.05) is 42.5 Å². The lowest BCUT2D eigenvalue weighted by molar-refractivity contribution is 0.136. The molecular weight excluding hydrogens is 510 g/mol. The van der Waals surface area contributed by atoms with Crippen LogP contribution < -0.4 is 10.5 Å². The minimum absolute atomic E-state index is 0.0515. The van der Waals surface area contributed by atoms with Crippen LogP contribution in [0.15, 0.2) is 61.1 Å². The number of ether oxygens (including phenoxy) is 1. The van der Waals surface area contributed by atoms with Crippen LogP contribution in [0.3, 0.4) is 0 Å². The molecule has 2 fully saturated rings. The number of nitrogens with two attached hydrogens (primary N) is 1. The number of fused-ring (bicyclic) bond motifs is 2. The van der Waals surface area contributed by atoms with Gasteiger partial charge < -0.3 is 19.9 Å². The molecule has 4 aromatic rings. The van der Waals surface area contributed by atoms with Crippen molar-refractivity contribution in [2.24, 2.45) is 5.92 Å². The van der Waals surface area contributed by atoms with Crippen LogP contribution in [-0.2, 0) is 16.3 Å². The monoisotopic (exact) mass is 543 g/mol. The maximum Gasteiger partial charge on any atom is 0.152 e. The molecule has 2 aliphatic heterocycles. The van der Waals surface area contributed by atoms with Crippen molar-refractivity contribution in [2.45, 2.75) is 37.8 Å². The van der Waals surface area contributed by atoms with Gasteiger partial charge in [-0.3, -0.25) is 0 Å². The molecule has 202 valence electrons. The Labute approximate surface area is 228 Å². The van der Waals surface area contributed by atoms with E-state index in [9.17, 15) is 8.42 Å². The summed E-state index contributed by atoms with van der Waals surface area (Å²) in [5, 5.41) is 0.887. The van der Waals surface area contributed by atoms with Crippen LogP contribution in [0.2, 0.25) is 0 Å². The summed E-state index contributed by atoms with van der Waals surface area (Å²) in [7, 11) is -2.85. The van der Waals surface area contributed by atoms with Crippen LogP contribution in [0.25, 0.3) is 22.2 Å². The lowest BCUT2D eigenvalue weighted by Crippen LogP contribution is -2.44. The molecule has 1 aliphatic carbocycles. The Morgan fingerprint density at radius 3 is 2.62 bits per heavy atom. The van der Waals surface area contributed by atoms with Gasteiger partial charge in [-0.25, -0.2) is 18.4 Å². The van der Waals surface area contributed by atoms with Gasteiger partial charge in [-0.2, -0.15) is 0 Å². The highest BCUT2D eigenvalue weighted by atomic mass is 32.2. The number of rotatable bonds is 5. The molecule has 2 aromatic carbocycles. The van der Waals surface area contributed by atoms with E-state index in [2.05, 4.69) is 68.1 Å². The van der Waals surface area contributed by atoms with E-state index >= 15 is 0 Å². The molecule has 0 bridgehead atoms. The smallest absolute Gasteiger partial charge is 0.152 e. The first-order chi connectivity index (χ1) is 18.9. The van der Waals surface area contributed by atoms with Crippen molar-refractivity contribution < 1.29 is 13.2 Å². The van der Waals surface area contributed by atoms with E-state index in [0.717, 1.165) is 60.1 Å². The van der Waals surface area contributed by atoms with E-state index in [-0.39, 0.29) is 17.6 Å². The van der Waals surface area contributed by atoms with E-state index in [0.29, 0.717) is 30.9 Å². The number of nitrogen functional groups attached to an aromatic ring is 1. The fraction of sp³-hybridized carbons (Fsp3) is 0.400. The number of aryl methyl sites for hydroxylation is 1. The number of sulfone groups is 1. The van der Waals surface area contributed by atoms with Gasteiger partial charge >= 0.3 is 0 Å². The van der Waals surface area contributed by atoms with Crippen molar-refractivity contribution in [1.29, 1.82) is 0 Å². The number of hydrogen-bond acceptors (Lipinski definition) is 7. The van der Waals surface area contributed by atoms with Crippen LogP contribution in [-0.4, -0.2) is 59.0 Å². The molecular formula is C30H33N5O3S. The van der Waals surface area contributed by atoms with Crippen LogP contribution in [0.1, 0.15) is 42.5 Å². The van der Waals surface area contributed by atoms with E-state index in [4.69, 9.17) is 10.5 Å². The van der Waals surface area contributed by atoms with Crippen molar-refractivity contribution in [3.8, 4) is 16.9 Å². The summed E-state index contributed by atoms with van der Waals surface area (Å²) in [5.74, 6) is 2.53. The zero-order valence-electron chi connectivity index (χ0n) is 21.9. The molecule has 1 saturated heterocycles. The molecule has 9 heteroatoms. The molecule has 7 rings (SSSR count). The Morgan fingerprint density at radius 1 is 1.03 bits per heavy atom. The minimum atomic E-state index is -2.85. The molecule has 1 atom stereocenters. The van der Waals surface area contributed by atoms with Gasteiger partial charge in [0, 0.05) is 37.4 Å². The molecule has 0 amide bonds. The number of benzene rings is 2. The van der Waals surface area contributed by atoms with Crippen LogP contribution in [0.5, 0.6) is 5.75 Å². The highest BCUT2D eigenvalue weighted by Crippen LogP contribution is 2.44. The van der Waals surface area contributed by atoms with Gasteiger partial charge in [0.05, 0.1) is 16.9 Å². The summed E-state index contributed by atoms with van der Waals surface area (Å²) in [5.41, 5.74) is 11.8. The lowest BCUT2D eigenvalue weighted by Gasteiger charge is -2.40. The standard InChI is InChI=1S/C30H33N5O3S/c31-29-28-25(23-7-6-22-8-9-26(38-27(22)16-23)21-4-2-1-3-5-21)18-35(30(28)33-19-32-29)24-14-20(15-24)17-34-10-12-39(36,37)13-11-34/h1-7,16,18-20,24,26H,8-15,17H2,(H2,31,32,33)/t20-,24+,26-/m0/s1. The van der Waals surface area contributed by atoms with E-state index in [1.165, 1.54) is 11.1 Å². The second-order valence-corrected chi connectivity index (χ2v) is 13.5. The van der Waals surface area contributed by atoms with Crippen molar-refractivity contribution in [3.05, 3.63) is 72.2 Å². The van der Waals surface area contributed by atoms with Crippen LogP contribution in [0.4, 0.5) is 5.82 Å². The second kappa shape index (κ2) is 9.64. The van der Waals surface area contributed by atoms with Gasteiger partial charge in [0.1, 0.15) is 29.6 Å². The SMILES string of the molecule is Nc1ncnc2c1c(-c1ccc3c(c1)O[C@H](c1ccccc1)CC3)cn2[C@H]1C[C@@H](CN2CCS(=O)(=O)CC2)C1. The summed E-state index contributed by atoms with van der Waals surface area (Å²) in [6.07, 6.45) is 7.81. The number of nitrogens with zero attached hydrogens (tertiary/aromatic N) is 4. The third-order valence-corrected chi connectivity index (χ3v) is 10.3. The predicted octanol–water partition coefficient (Wildman–Crippen LogP) is 4.43. The Hall–Kier alpha value is -3.43. The third-order valence-electron chi connectivity index (χ3n) is 8.69. The van der Waals surface area contributed by atoms with Crippen LogP contribution in [0, 0.1) is 5.92 Å². The van der Waals surface area contributed by atoms with Crippen molar-refractivity contribution in [2.75, 3.05) is 36.9 Å². The molecule has 39 heavy (non-hydrogen) atoms. The fourth-order valence-corrected chi connectivity index (χ4v) is 7.70. The first kappa shape index (κ1) is 24.6. The van der Waals surface area contributed by atoms with E-state index < -0.39 is 9.84 Å². The Balaban J connectivity index is 1.14. The van der Waals surface area contributed by atoms with Gasteiger partial charge in [0.25, 0.3) is 0 Å². The third kappa shape index (κ3) is 4.67. The Morgan fingerprint density at radius 2 is 1.82 bits per heavy atom. The molecule has 2 aromatic heterocycles.